The van der Waals surface area contributed by atoms with Crippen LogP contribution < -0.4 is 0 Å². The summed E-state index contributed by atoms with van der Waals surface area (Å²) >= 11 is 0. The van der Waals surface area contributed by atoms with E-state index >= 15 is 0 Å². The van der Waals surface area contributed by atoms with Crippen LogP contribution in [0.2, 0.25) is 0 Å². The van der Waals surface area contributed by atoms with Crippen LogP contribution in [0.15, 0.2) is 11.6 Å². The van der Waals surface area contributed by atoms with Crippen LogP contribution in [0.4, 0.5) is 0 Å². The molecule has 0 heterocycles. The molecule has 2 rings (SSSR count). The molecule has 2 aliphatic rings. The van der Waals surface area contributed by atoms with E-state index in [1.165, 1.54) is 33.5 Å². The highest BCUT2D eigenvalue weighted by molar-refractivity contribution is 6.11. The molecule has 0 radical (unpaired) electrons. The number of rotatable bonds is 3. The predicted octanol–water partition coefficient (Wildman–Crippen LogP) is 1.84. The van der Waals surface area contributed by atoms with E-state index in [9.17, 15) is 9.59 Å². The lowest BCUT2D eigenvalue weighted by Gasteiger charge is -2.23. The van der Waals surface area contributed by atoms with E-state index < -0.39 is 17.4 Å². The maximum absolute atomic E-state index is 11.8. The third-order valence-electron chi connectivity index (χ3n) is 3.80. The topological polar surface area (TPSA) is 52.6 Å². The summed E-state index contributed by atoms with van der Waals surface area (Å²) < 4.78 is 9.46. The number of esters is 2. The zero-order chi connectivity index (χ0) is 12.5. The maximum Gasteiger partial charge on any atom is 0.331 e. The molecule has 17 heavy (non-hydrogen) atoms. The average Bonchev–Trinajstić information content (AvgIpc) is 3.14. The fraction of sp³-hybridized carbons (Fsp3) is 0.692. The van der Waals surface area contributed by atoms with Gasteiger partial charge < -0.3 is 9.47 Å². The molecule has 0 aliphatic heterocycles. The number of carbonyl (C=O) groups is 2. The van der Waals surface area contributed by atoms with E-state index in [4.69, 9.17) is 9.47 Å². The first-order valence-corrected chi connectivity index (χ1v) is 6.07. The normalized spacial score (nSPS) is 22.6. The highest BCUT2D eigenvalue weighted by Crippen LogP contribution is 2.53. The van der Waals surface area contributed by atoms with E-state index in [1.807, 2.05) is 0 Å². The van der Waals surface area contributed by atoms with Gasteiger partial charge in [0.05, 0.1) is 14.2 Å². The summed E-state index contributed by atoms with van der Waals surface area (Å²) in [5.41, 5.74) is -0.276. The number of hydrogen-bond donors (Lipinski definition) is 0. The lowest BCUT2D eigenvalue weighted by atomic mass is 9.82. The highest BCUT2D eigenvalue weighted by atomic mass is 16.5. The zero-order valence-electron chi connectivity index (χ0n) is 10.3. The van der Waals surface area contributed by atoms with Crippen LogP contribution in [-0.4, -0.2) is 26.2 Å². The number of methoxy groups -OCH3 is 2. The summed E-state index contributed by atoms with van der Waals surface area (Å²) in [5, 5.41) is 0. The fourth-order valence-corrected chi connectivity index (χ4v) is 2.81. The Labute approximate surface area is 101 Å². The Bertz CT molecular complexity index is 348. The Balaban J connectivity index is 2.13. The molecule has 0 aromatic rings. The molecule has 0 spiro atoms. The van der Waals surface area contributed by atoms with Crippen molar-refractivity contribution in [1.29, 1.82) is 0 Å². The van der Waals surface area contributed by atoms with Gasteiger partial charge in [-0.25, -0.2) is 0 Å². The second-order valence-corrected chi connectivity index (χ2v) is 4.73. The molecule has 0 N–H and O–H groups in total. The molecule has 4 heteroatoms. The van der Waals surface area contributed by atoms with Gasteiger partial charge in [-0.3, -0.25) is 9.59 Å². The van der Waals surface area contributed by atoms with Crippen LogP contribution in [0.3, 0.4) is 0 Å². The van der Waals surface area contributed by atoms with Crippen molar-refractivity contribution < 1.29 is 19.1 Å². The highest BCUT2D eigenvalue weighted by Gasteiger charge is 2.61. The van der Waals surface area contributed by atoms with Gasteiger partial charge >= 0.3 is 11.9 Å². The molecule has 0 aromatic carbocycles. The molecular formula is C13H18O4. The Kier molecular flexibility index (Phi) is 3.22. The first-order valence-electron chi connectivity index (χ1n) is 6.07. The van der Waals surface area contributed by atoms with Gasteiger partial charge in [0.25, 0.3) is 0 Å². The van der Waals surface area contributed by atoms with Gasteiger partial charge in [-0.15, -0.1) is 0 Å². The van der Waals surface area contributed by atoms with Crippen LogP contribution >= 0.6 is 0 Å². The molecule has 0 atom stereocenters. The van der Waals surface area contributed by atoms with Crippen LogP contribution in [0.5, 0.6) is 0 Å². The smallest absolute Gasteiger partial charge is 0.331 e. The SMILES string of the molecule is COC(=O)C1(C(=O)OC)C=C1C1CCCCC1. The quantitative estimate of drug-likeness (QED) is 0.427. The van der Waals surface area contributed by atoms with Crippen molar-refractivity contribution in [2.45, 2.75) is 32.1 Å². The molecule has 0 unspecified atom stereocenters. The molecule has 2 aliphatic carbocycles. The standard InChI is InChI=1S/C13H18O4/c1-16-11(14)13(12(15)17-2)8-10(13)9-6-4-3-5-7-9/h8-9H,3-7H2,1-2H3. The molecular weight excluding hydrogens is 220 g/mol. The van der Waals surface area contributed by atoms with E-state index in [2.05, 4.69) is 0 Å². The molecule has 0 aromatic heterocycles. The van der Waals surface area contributed by atoms with Crippen LogP contribution in [0.1, 0.15) is 32.1 Å². The van der Waals surface area contributed by atoms with E-state index in [0.717, 1.165) is 18.4 Å². The van der Waals surface area contributed by atoms with Crippen molar-refractivity contribution >= 4 is 11.9 Å². The van der Waals surface area contributed by atoms with Crippen molar-refractivity contribution in [3.05, 3.63) is 11.6 Å². The molecule has 0 saturated heterocycles. The third kappa shape index (κ3) is 1.85. The van der Waals surface area contributed by atoms with Gasteiger partial charge in [-0.1, -0.05) is 25.3 Å². The van der Waals surface area contributed by atoms with Gasteiger partial charge in [0.1, 0.15) is 0 Å². The summed E-state index contributed by atoms with van der Waals surface area (Å²) in [4.78, 5) is 23.5. The number of carbonyl (C=O) groups excluding carboxylic acids is 2. The van der Waals surface area contributed by atoms with Gasteiger partial charge in [-0.2, -0.15) is 0 Å². The van der Waals surface area contributed by atoms with Crippen molar-refractivity contribution in [1.82, 2.24) is 0 Å². The molecule has 4 nitrogen and oxygen atoms in total. The summed E-state index contributed by atoms with van der Waals surface area (Å²) in [7, 11) is 2.61. The van der Waals surface area contributed by atoms with Gasteiger partial charge in [0.15, 0.2) is 0 Å². The molecule has 1 fully saturated rings. The lowest BCUT2D eigenvalue weighted by molar-refractivity contribution is -0.160. The largest absolute Gasteiger partial charge is 0.468 e. The van der Waals surface area contributed by atoms with Crippen molar-refractivity contribution in [2.75, 3.05) is 14.2 Å². The maximum atomic E-state index is 11.8. The average molecular weight is 238 g/mol. The number of ether oxygens (including phenoxy) is 2. The summed E-state index contributed by atoms with van der Waals surface area (Å²) in [6.45, 7) is 0. The fourth-order valence-electron chi connectivity index (χ4n) is 2.81. The molecule has 94 valence electrons. The van der Waals surface area contributed by atoms with Gasteiger partial charge in [0.2, 0.25) is 5.41 Å². The Hall–Kier alpha value is -1.32. The predicted molar refractivity (Wildman–Crippen MR) is 61.1 cm³/mol. The minimum Gasteiger partial charge on any atom is -0.468 e. The first-order chi connectivity index (χ1) is 8.16. The second kappa shape index (κ2) is 4.51. The zero-order valence-corrected chi connectivity index (χ0v) is 10.3. The van der Waals surface area contributed by atoms with Gasteiger partial charge in [0, 0.05) is 0 Å². The van der Waals surface area contributed by atoms with E-state index in [0.29, 0.717) is 5.92 Å². The van der Waals surface area contributed by atoms with Crippen molar-refractivity contribution in [2.24, 2.45) is 11.3 Å². The van der Waals surface area contributed by atoms with E-state index in [-0.39, 0.29) is 0 Å². The monoisotopic (exact) mass is 238 g/mol. The van der Waals surface area contributed by atoms with Crippen LogP contribution in [-0.2, 0) is 19.1 Å². The minimum absolute atomic E-state index is 0.349. The summed E-state index contributed by atoms with van der Waals surface area (Å²) in [6.07, 6.45) is 7.41. The molecule has 0 amide bonds. The Morgan fingerprint density at radius 1 is 1.12 bits per heavy atom. The third-order valence-corrected chi connectivity index (χ3v) is 3.80. The summed E-state index contributed by atoms with van der Waals surface area (Å²) in [6, 6.07) is 0. The van der Waals surface area contributed by atoms with E-state index in [1.54, 1.807) is 6.08 Å². The first kappa shape index (κ1) is 12.1. The Morgan fingerprint density at radius 2 is 1.65 bits per heavy atom. The molecule has 1 saturated carbocycles. The van der Waals surface area contributed by atoms with Crippen LogP contribution in [0, 0.1) is 11.3 Å². The summed E-state index contributed by atoms with van der Waals surface area (Å²) in [5.74, 6) is -0.670. The minimum atomic E-state index is -1.19. The van der Waals surface area contributed by atoms with Gasteiger partial charge in [-0.05, 0) is 24.3 Å². The number of hydrogen-bond acceptors (Lipinski definition) is 4. The lowest BCUT2D eigenvalue weighted by Crippen LogP contribution is -2.33. The van der Waals surface area contributed by atoms with Crippen molar-refractivity contribution in [3.8, 4) is 0 Å². The van der Waals surface area contributed by atoms with Crippen molar-refractivity contribution in [3.63, 3.8) is 0 Å². The second-order valence-electron chi connectivity index (χ2n) is 4.73. The van der Waals surface area contributed by atoms with Crippen LogP contribution in [0.25, 0.3) is 0 Å². The molecule has 0 bridgehead atoms. The Morgan fingerprint density at radius 3 is 2.12 bits per heavy atom.